The van der Waals surface area contributed by atoms with Crippen molar-refractivity contribution in [1.82, 2.24) is 15.3 Å². The molecule has 0 spiro atoms. The fourth-order valence-corrected chi connectivity index (χ4v) is 2.35. The molecule has 0 aliphatic rings. The summed E-state index contributed by atoms with van der Waals surface area (Å²) in [6, 6.07) is 5.36. The monoisotopic (exact) mass is 309 g/mol. The Bertz CT molecular complexity index is 570. The van der Waals surface area contributed by atoms with E-state index < -0.39 is 0 Å². The number of amides is 1. The van der Waals surface area contributed by atoms with E-state index in [9.17, 15) is 4.79 Å². The molecule has 2 rings (SSSR count). The lowest BCUT2D eigenvalue weighted by atomic mass is 10.1. The minimum Gasteiger partial charge on any atom is -0.355 e. The van der Waals surface area contributed by atoms with Gasteiger partial charge in [-0.2, -0.15) is 0 Å². The number of carbonyl (C=O) groups is 1. The Balaban J connectivity index is 1.83. The Labute approximate surface area is 127 Å². The number of hydrogen-bond donors (Lipinski definition) is 1. The van der Waals surface area contributed by atoms with Crippen molar-refractivity contribution in [2.24, 2.45) is 0 Å². The fourth-order valence-electron chi connectivity index (χ4n) is 1.77. The SMILES string of the molecule is O=C(Cc1cncnc1)NCCc1c(Cl)cccc1Cl. The van der Waals surface area contributed by atoms with E-state index in [-0.39, 0.29) is 12.3 Å². The van der Waals surface area contributed by atoms with Gasteiger partial charge in [-0.3, -0.25) is 4.79 Å². The molecule has 104 valence electrons. The van der Waals surface area contributed by atoms with Gasteiger partial charge in [-0.1, -0.05) is 29.3 Å². The van der Waals surface area contributed by atoms with Crippen molar-refractivity contribution in [2.75, 3.05) is 6.54 Å². The normalized spacial score (nSPS) is 10.3. The first kappa shape index (κ1) is 14.8. The van der Waals surface area contributed by atoms with Gasteiger partial charge in [0.25, 0.3) is 0 Å². The Kier molecular flexibility index (Phi) is 5.32. The molecule has 2 aromatic rings. The Hall–Kier alpha value is -1.65. The third kappa shape index (κ3) is 4.18. The van der Waals surface area contributed by atoms with Gasteiger partial charge in [0.1, 0.15) is 6.33 Å². The third-order valence-electron chi connectivity index (χ3n) is 2.74. The zero-order valence-electron chi connectivity index (χ0n) is 10.6. The second-order valence-electron chi connectivity index (χ2n) is 4.22. The van der Waals surface area contributed by atoms with Crippen LogP contribution in [0.1, 0.15) is 11.1 Å². The average molecular weight is 310 g/mol. The van der Waals surface area contributed by atoms with Gasteiger partial charge in [-0.15, -0.1) is 0 Å². The van der Waals surface area contributed by atoms with Gasteiger partial charge in [-0.25, -0.2) is 9.97 Å². The maximum Gasteiger partial charge on any atom is 0.224 e. The summed E-state index contributed by atoms with van der Waals surface area (Å²) >= 11 is 12.1. The van der Waals surface area contributed by atoms with Crippen LogP contribution >= 0.6 is 23.2 Å². The molecule has 0 aliphatic heterocycles. The van der Waals surface area contributed by atoms with Crippen molar-refractivity contribution in [1.29, 1.82) is 0 Å². The lowest BCUT2D eigenvalue weighted by Gasteiger charge is -2.08. The highest BCUT2D eigenvalue weighted by atomic mass is 35.5. The highest BCUT2D eigenvalue weighted by Crippen LogP contribution is 2.24. The maximum atomic E-state index is 11.7. The van der Waals surface area contributed by atoms with E-state index in [0.29, 0.717) is 23.0 Å². The first-order valence-electron chi connectivity index (χ1n) is 6.10. The summed E-state index contributed by atoms with van der Waals surface area (Å²) in [6.07, 6.45) is 5.53. The second kappa shape index (κ2) is 7.22. The first-order chi connectivity index (χ1) is 9.66. The summed E-state index contributed by atoms with van der Waals surface area (Å²) in [5.41, 5.74) is 1.62. The molecule has 1 N–H and O–H groups in total. The number of halogens is 2. The van der Waals surface area contributed by atoms with Crippen LogP contribution in [0.15, 0.2) is 36.9 Å². The van der Waals surface area contributed by atoms with Gasteiger partial charge in [0.05, 0.1) is 6.42 Å². The molecule has 0 saturated heterocycles. The molecular weight excluding hydrogens is 297 g/mol. The fraction of sp³-hybridized carbons (Fsp3) is 0.214. The lowest BCUT2D eigenvalue weighted by Crippen LogP contribution is -2.27. The van der Waals surface area contributed by atoms with Crippen molar-refractivity contribution < 1.29 is 4.79 Å². The molecule has 1 amide bonds. The standard InChI is InChI=1S/C14H13Cl2N3O/c15-12-2-1-3-13(16)11(12)4-5-19-14(20)6-10-7-17-9-18-8-10/h1-3,7-9H,4-6H2,(H,19,20). The number of aromatic nitrogens is 2. The molecule has 0 radical (unpaired) electrons. The zero-order valence-corrected chi connectivity index (χ0v) is 12.2. The lowest BCUT2D eigenvalue weighted by molar-refractivity contribution is -0.120. The van der Waals surface area contributed by atoms with E-state index in [1.165, 1.54) is 6.33 Å². The minimum absolute atomic E-state index is 0.0806. The predicted molar refractivity (Wildman–Crippen MR) is 78.9 cm³/mol. The number of nitrogens with one attached hydrogen (secondary N) is 1. The van der Waals surface area contributed by atoms with Gasteiger partial charge in [-0.05, 0) is 29.7 Å². The maximum absolute atomic E-state index is 11.7. The smallest absolute Gasteiger partial charge is 0.224 e. The largest absolute Gasteiger partial charge is 0.355 e. The molecular formula is C14H13Cl2N3O. The van der Waals surface area contributed by atoms with Crippen LogP contribution in [-0.4, -0.2) is 22.4 Å². The Morgan fingerprint density at radius 2 is 1.80 bits per heavy atom. The molecule has 0 unspecified atom stereocenters. The summed E-state index contributed by atoms with van der Waals surface area (Å²) in [5, 5.41) is 4.05. The molecule has 0 bridgehead atoms. The molecule has 4 nitrogen and oxygen atoms in total. The summed E-state index contributed by atoms with van der Waals surface area (Å²) in [7, 11) is 0. The molecule has 1 heterocycles. The van der Waals surface area contributed by atoms with E-state index in [2.05, 4.69) is 15.3 Å². The number of hydrogen-bond acceptors (Lipinski definition) is 3. The Morgan fingerprint density at radius 3 is 2.45 bits per heavy atom. The van der Waals surface area contributed by atoms with Crippen LogP contribution in [0, 0.1) is 0 Å². The molecule has 0 aliphatic carbocycles. The van der Waals surface area contributed by atoms with Gasteiger partial charge in [0.15, 0.2) is 0 Å². The second-order valence-corrected chi connectivity index (χ2v) is 5.04. The van der Waals surface area contributed by atoms with E-state index in [1.54, 1.807) is 30.6 Å². The number of nitrogens with zero attached hydrogens (tertiary/aromatic N) is 2. The van der Waals surface area contributed by atoms with E-state index in [1.807, 2.05) is 0 Å². The summed E-state index contributed by atoms with van der Waals surface area (Å²) < 4.78 is 0. The van der Waals surface area contributed by atoms with Crippen LogP contribution in [0.4, 0.5) is 0 Å². The van der Waals surface area contributed by atoms with E-state index >= 15 is 0 Å². The first-order valence-corrected chi connectivity index (χ1v) is 6.86. The highest BCUT2D eigenvalue weighted by Gasteiger charge is 2.07. The quantitative estimate of drug-likeness (QED) is 0.924. The molecule has 0 fully saturated rings. The summed E-state index contributed by atoms with van der Waals surface area (Å²) in [6.45, 7) is 0.482. The van der Waals surface area contributed by atoms with Crippen molar-refractivity contribution in [3.8, 4) is 0 Å². The van der Waals surface area contributed by atoms with Crippen LogP contribution in [0.25, 0.3) is 0 Å². The zero-order chi connectivity index (χ0) is 14.4. The highest BCUT2D eigenvalue weighted by molar-refractivity contribution is 6.35. The number of carbonyl (C=O) groups excluding carboxylic acids is 1. The van der Waals surface area contributed by atoms with Gasteiger partial charge in [0, 0.05) is 29.0 Å². The predicted octanol–water partition coefficient (Wildman–Crippen LogP) is 2.68. The topological polar surface area (TPSA) is 54.9 Å². The summed E-state index contributed by atoms with van der Waals surface area (Å²) in [4.78, 5) is 19.5. The number of rotatable bonds is 5. The molecule has 0 saturated carbocycles. The van der Waals surface area contributed by atoms with Gasteiger partial charge >= 0.3 is 0 Å². The molecule has 1 aromatic heterocycles. The van der Waals surface area contributed by atoms with Crippen molar-refractivity contribution in [2.45, 2.75) is 12.8 Å². The van der Waals surface area contributed by atoms with Crippen LogP contribution in [-0.2, 0) is 17.6 Å². The van der Waals surface area contributed by atoms with E-state index in [0.717, 1.165) is 11.1 Å². The van der Waals surface area contributed by atoms with Crippen LogP contribution < -0.4 is 5.32 Å². The average Bonchev–Trinajstić information content (AvgIpc) is 2.43. The van der Waals surface area contributed by atoms with E-state index in [4.69, 9.17) is 23.2 Å². The van der Waals surface area contributed by atoms with Crippen molar-refractivity contribution in [3.05, 3.63) is 58.1 Å². The molecule has 1 aromatic carbocycles. The molecule has 6 heteroatoms. The van der Waals surface area contributed by atoms with Gasteiger partial charge in [0.2, 0.25) is 5.91 Å². The molecule has 20 heavy (non-hydrogen) atoms. The third-order valence-corrected chi connectivity index (χ3v) is 3.45. The summed E-state index contributed by atoms with van der Waals surface area (Å²) in [5.74, 6) is -0.0806. The van der Waals surface area contributed by atoms with Crippen LogP contribution in [0.3, 0.4) is 0 Å². The van der Waals surface area contributed by atoms with Crippen molar-refractivity contribution >= 4 is 29.1 Å². The van der Waals surface area contributed by atoms with Crippen LogP contribution in [0.2, 0.25) is 10.0 Å². The number of benzene rings is 1. The Morgan fingerprint density at radius 1 is 1.15 bits per heavy atom. The van der Waals surface area contributed by atoms with Crippen molar-refractivity contribution in [3.63, 3.8) is 0 Å². The molecule has 0 atom stereocenters. The van der Waals surface area contributed by atoms with Crippen LogP contribution in [0.5, 0.6) is 0 Å². The van der Waals surface area contributed by atoms with Gasteiger partial charge < -0.3 is 5.32 Å². The minimum atomic E-state index is -0.0806.